The zero-order valence-electron chi connectivity index (χ0n) is 16.9. The Bertz CT molecular complexity index is 1130. The highest BCUT2D eigenvalue weighted by atomic mass is 35.5. The highest BCUT2D eigenvalue weighted by Crippen LogP contribution is 2.31. The van der Waals surface area contributed by atoms with Crippen LogP contribution in [0.3, 0.4) is 0 Å². The van der Waals surface area contributed by atoms with Gasteiger partial charge in [-0.15, -0.1) is 0 Å². The zero-order chi connectivity index (χ0) is 21.3. The van der Waals surface area contributed by atoms with Gasteiger partial charge in [-0.25, -0.2) is 4.21 Å². The molecule has 1 N–H and O–H groups in total. The number of nitrogens with zero attached hydrogens (tertiary/aromatic N) is 1. The van der Waals surface area contributed by atoms with Crippen LogP contribution < -0.4 is 9.62 Å². The van der Waals surface area contributed by atoms with Crippen LogP contribution in [-0.2, 0) is 17.4 Å². The number of aryl methyl sites for hydroxylation is 3. The predicted molar refractivity (Wildman–Crippen MR) is 124 cm³/mol. The van der Waals surface area contributed by atoms with E-state index in [2.05, 4.69) is 5.32 Å². The van der Waals surface area contributed by atoms with Crippen LogP contribution in [-0.4, -0.2) is 16.7 Å². The molecule has 0 saturated carbocycles. The van der Waals surface area contributed by atoms with E-state index in [-0.39, 0.29) is 5.91 Å². The summed E-state index contributed by atoms with van der Waals surface area (Å²) in [6, 6.07) is 18.6. The third kappa shape index (κ3) is 4.27. The average Bonchev–Trinajstić information content (AvgIpc) is 2.75. The number of amides is 1. The molecule has 3 aromatic carbocycles. The average molecular weight is 439 g/mol. The first-order valence-corrected chi connectivity index (χ1v) is 11.4. The number of nitrogens with one attached hydrogen (secondary N) is 1. The van der Waals surface area contributed by atoms with Gasteiger partial charge in [0.05, 0.1) is 10.6 Å². The van der Waals surface area contributed by atoms with Crippen LogP contribution in [0.15, 0.2) is 65.6 Å². The van der Waals surface area contributed by atoms with Crippen LogP contribution in [0.25, 0.3) is 0 Å². The maximum atomic E-state index is 13.1. The maximum absolute atomic E-state index is 13.1. The van der Waals surface area contributed by atoms with Crippen LogP contribution in [0, 0.1) is 13.8 Å². The first-order chi connectivity index (χ1) is 14.4. The summed E-state index contributed by atoms with van der Waals surface area (Å²) in [5.41, 5.74) is 5.67. The molecular formula is C24H23ClN2O2S. The molecule has 0 bridgehead atoms. The summed E-state index contributed by atoms with van der Waals surface area (Å²) in [5.74, 6) is -0.142. The second kappa shape index (κ2) is 8.62. The SMILES string of the molecule is Cc1ccc(NC(=O)c2ccc3c(c2)CCCN3S(=O)c2ccc(Cl)cc2)cc1C. The van der Waals surface area contributed by atoms with Crippen molar-refractivity contribution in [3.8, 4) is 0 Å². The highest BCUT2D eigenvalue weighted by Gasteiger charge is 2.23. The van der Waals surface area contributed by atoms with Crippen molar-refractivity contribution in [2.24, 2.45) is 0 Å². The lowest BCUT2D eigenvalue weighted by atomic mass is 10.0. The number of anilines is 2. The zero-order valence-corrected chi connectivity index (χ0v) is 18.5. The van der Waals surface area contributed by atoms with Crippen LogP contribution in [0.1, 0.15) is 33.5 Å². The number of hydrogen-bond acceptors (Lipinski definition) is 2. The fourth-order valence-electron chi connectivity index (χ4n) is 3.58. The fraction of sp³-hybridized carbons (Fsp3) is 0.208. The predicted octanol–water partition coefficient (Wildman–Crippen LogP) is 5.68. The van der Waals surface area contributed by atoms with Crippen LogP contribution in [0.2, 0.25) is 5.02 Å². The smallest absolute Gasteiger partial charge is 0.255 e. The third-order valence-corrected chi connectivity index (χ3v) is 7.10. The first kappa shape index (κ1) is 20.6. The van der Waals surface area contributed by atoms with E-state index < -0.39 is 11.0 Å². The number of rotatable bonds is 4. The maximum Gasteiger partial charge on any atom is 0.255 e. The standard InChI is InChI=1S/C24H23ClN2O2S/c1-16-5-9-21(14-17(16)2)26-24(28)19-6-12-23-18(15-19)4-3-13-27(23)30(29)22-10-7-20(25)8-11-22/h5-12,14-15H,3-4,13H2,1-2H3,(H,26,28). The van der Waals surface area contributed by atoms with E-state index in [1.54, 1.807) is 30.3 Å². The Morgan fingerprint density at radius 1 is 1.00 bits per heavy atom. The summed E-state index contributed by atoms with van der Waals surface area (Å²) in [6.45, 7) is 4.78. The summed E-state index contributed by atoms with van der Waals surface area (Å²) < 4.78 is 15.0. The Balaban J connectivity index is 1.56. The van der Waals surface area contributed by atoms with Crippen molar-refractivity contribution >= 4 is 39.9 Å². The van der Waals surface area contributed by atoms with E-state index in [1.807, 2.05) is 48.5 Å². The molecule has 3 aromatic rings. The van der Waals surface area contributed by atoms with Crippen LogP contribution in [0.4, 0.5) is 11.4 Å². The van der Waals surface area contributed by atoms with Crippen molar-refractivity contribution in [3.05, 3.63) is 87.9 Å². The van der Waals surface area contributed by atoms with Gasteiger partial charge in [0.15, 0.2) is 11.0 Å². The quantitative estimate of drug-likeness (QED) is 0.569. The van der Waals surface area contributed by atoms with Crippen LogP contribution in [0.5, 0.6) is 0 Å². The molecule has 0 radical (unpaired) electrons. The lowest BCUT2D eigenvalue weighted by Gasteiger charge is -2.30. The van der Waals surface area contributed by atoms with Gasteiger partial charge in [-0.2, -0.15) is 0 Å². The Labute approximate surface area is 184 Å². The van der Waals surface area contributed by atoms with Crippen molar-refractivity contribution < 1.29 is 9.00 Å². The Hall–Kier alpha value is -2.63. The fourth-order valence-corrected chi connectivity index (χ4v) is 4.98. The molecule has 4 rings (SSSR count). The second-order valence-electron chi connectivity index (χ2n) is 7.51. The molecule has 0 fully saturated rings. The molecule has 6 heteroatoms. The van der Waals surface area contributed by atoms with E-state index in [1.165, 1.54) is 5.56 Å². The third-order valence-electron chi connectivity index (χ3n) is 5.40. The van der Waals surface area contributed by atoms with Gasteiger partial charge in [0.2, 0.25) is 0 Å². The van der Waals surface area contributed by atoms with E-state index >= 15 is 0 Å². The molecule has 4 nitrogen and oxygen atoms in total. The minimum atomic E-state index is -1.32. The molecule has 0 saturated heterocycles. The van der Waals surface area contributed by atoms with E-state index in [9.17, 15) is 9.00 Å². The van der Waals surface area contributed by atoms with Gasteiger partial charge in [-0.3, -0.25) is 9.10 Å². The van der Waals surface area contributed by atoms with Gasteiger partial charge in [-0.05, 0) is 98.0 Å². The lowest BCUT2D eigenvalue weighted by molar-refractivity contribution is 0.102. The summed E-state index contributed by atoms with van der Waals surface area (Å²) in [5, 5.41) is 3.59. The van der Waals surface area contributed by atoms with E-state index in [0.29, 0.717) is 22.0 Å². The summed E-state index contributed by atoms with van der Waals surface area (Å²) in [4.78, 5) is 13.5. The molecule has 0 spiro atoms. The van der Waals surface area contributed by atoms with Crippen molar-refractivity contribution in [3.63, 3.8) is 0 Å². The molecule has 1 atom stereocenters. The molecule has 1 aliphatic heterocycles. The Kier molecular flexibility index (Phi) is 5.93. The second-order valence-corrected chi connectivity index (χ2v) is 9.35. The summed E-state index contributed by atoms with van der Waals surface area (Å²) in [7, 11) is -1.32. The minimum Gasteiger partial charge on any atom is -0.322 e. The Morgan fingerprint density at radius 2 is 1.77 bits per heavy atom. The first-order valence-electron chi connectivity index (χ1n) is 9.89. The number of fused-ring (bicyclic) bond motifs is 1. The van der Waals surface area contributed by atoms with Gasteiger partial charge in [0.1, 0.15) is 0 Å². The normalized spacial score (nSPS) is 14.2. The molecule has 1 unspecified atom stereocenters. The minimum absolute atomic E-state index is 0.142. The molecule has 0 aliphatic carbocycles. The van der Waals surface area contributed by atoms with Gasteiger partial charge in [0.25, 0.3) is 5.91 Å². The molecule has 1 aliphatic rings. The largest absolute Gasteiger partial charge is 0.322 e. The summed E-state index contributed by atoms with van der Waals surface area (Å²) >= 11 is 5.95. The van der Waals surface area contributed by atoms with Crippen LogP contribution >= 0.6 is 11.6 Å². The molecule has 1 amide bonds. The molecular weight excluding hydrogens is 416 g/mol. The monoisotopic (exact) mass is 438 g/mol. The van der Waals surface area contributed by atoms with Gasteiger partial charge >= 0.3 is 0 Å². The Morgan fingerprint density at radius 3 is 2.50 bits per heavy atom. The number of carbonyl (C=O) groups is 1. The number of carbonyl (C=O) groups excluding carboxylic acids is 1. The molecule has 0 aromatic heterocycles. The lowest BCUT2D eigenvalue weighted by Crippen LogP contribution is -2.31. The van der Waals surface area contributed by atoms with Crippen molar-refractivity contribution in [2.45, 2.75) is 31.6 Å². The van der Waals surface area contributed by atoms with E-state index in [0.717, 1.165) is 35.3 Å². The van der Waals surface area contributed by atoms with Crippen molar-refractivity contribution in [1.82, 2.24) is 0 Å². The number of benzene rings is 3. The number of halogens is 1. The topological polar surface area (TPSA) is 49.4 Å². The van der Waals surface area contributed by atoms with Gasteiger partial charge in [0, 0.05) is 22.8 Å². The molecule has 1 heterocycles. The highest BCUT2D eigenvalue weighted by molar-refractivity contribution is 7.86. The van der Waals surface area contributed by atoms with Gasteiger partial charge < -0.3 is 5.32 Å². The summed E-state index contributed by atoms with van der Waals surface area (Å²) in [6.07, 6.45) is 1.74. The van der Waals surface area contributed by atoms with Gasteiger partial charge in [-0.1, -0.05) is 17.7 Å². The number of hydrogen-bond donors (Lipinski definition) is 1. The molecule has 30 heavy (non-hydrogen) atoms. The molecule has 154 valence electrons. The van der Waals surface area contributed by atoms with E-state index in [4.69, 9.17) is 11.6 Å². The van der Waals surface area contributed by atoms with Crippen molar-refractivity contribution in [2.75, 3.05) is 16.2 Å². The van der Waals surface area contributed by atoms with Crippen molar-refractivity contribution in [1.29, 1.82) is 0 Å².